The maximum atomic E-state index is 11.8. The molecular formula is C11H16N4O. The van der Waals surface area contributed by atoms with E-state index in [2.05, 4.69) is 16.4 Å². The van der Waals surface area contributed by atoms with Gasteiger partial charge in [-0.3, -0.25) is 4.79 Å². The third kappa shape index (κ3) is 2.40. The van der Waals surface area contributed by atoms with Crippen molar-refractivity contribution in [2.24, 2.45) is 7.05 Å². The Morgan fingerprint density at radius 1 is 1.62 bits per heavy atom. The van der Waals surface area contributed by atoms with Gasteiger partial charge in [-0.25, -0.2) is 4.98 Å². The average molecular weight is 220 g/mol. The van der Waals surface area contributed by atoms with E-state index in [4.69, 9.17) is 5.26 Å². The molecule has 0 aliphatic carbocycles. The second-order valence-electron chi connectivity index (χ2n) is 3.78. The largest absolute Gasteiger partial charge is 0.340 e. The van der Waals surface area contributed by atoms with Crippen molar-refractivity contribution in [2.45, 2.75) is 32.2 Å². The Morgan fingerprint density at radius 2 is 2.25 bits per heavy atom. The lowest BCUT2D eigenvalue weighted by atomic mass is 9.94. The maximum Gasteiger partial charge on any atom is 0.272 e. The minimum atomic E-state index is -0.783. The Labute approximate surface area is 95.1 Å². The van der Waals surface area contributed by atoms with E-state index in [9.17, 15) is 4.79 Å². The molecule has 0 aromatic carbocycles. The molecule has 1 heterocycles. The summed E-state index contributed by atoms with van der Waals surface area (Å²) in [5, 5.41) is 11.8. The summed E-state index contributed by atoms with van der Waals surface area (Å²) in [6, 6.07) is 2.16. The molecular weight excluding hydrogens is 204 g/mol. The highest BCUT2D eigenvalue weighted by Gasteiger charge is 2.28. The molecule has 1 rings (SSSR count). The molecule has 0 aliphatic rings. The van der Waals surface area contributed by atoms with Gasteiger partial charge >= 0.3 is 0 Å². The fraction of sp³-hybridized carbons (Fsp3) is 0.545. The van der Waals surface area contributed by atoms with E-state index in [1.165, 1.54) is 0 Å². The first-order valence-electron chi connectivity index (χ1n) is 5.28. The highest BCUT2D eigenvalue weighted by Crippen LogP contribution is 2.14. The van der Waals surface area contributed by atoms with Crippen LogP contribution < -0.4 is 5.32 Å². The van der Waals surface area contributed by atoms with E-state index >= 15 is 0 Å². The lowest BCUT2D eigenvalue weighted by Crippen LogP contribution is -2.46. The summed E-state index contributed by atoms with van der Waals surface area (Å²) < 4.78 is 1.70. The fourth-order valence-electron chi connectivity index (χ4n) is 1.42. The van der Waals surface area contributed by atoms with Crippen molar-refractivity contribution in [3.8, 4) is 6.07 Å². The number of nitriles is 1. The summed E-state index contributed by atoms with van der Waals surface area (Å²) in [4.78, 5) is 15.8. The van der Waals surface area contributed by atoms with Gasteiger partial charge in [0.2, 0.25) is 0 Å². The number of carbonyl (C=O) groups excluding carboxylic acids is 1. The maximum absolute atomic E-state index is 11.8. The molecule has 5 nitrogen and oxygen atoms in total. The summed E-state index contributed by atoms with van der Waals surface area (Å²) in [7, 11) is 1.79. The Balaban J connectivity index is 2.81. The van der Waals surface area contributed by atoms with Gasteiger partial charge in [0.25, 0.3) is 5.91 Å². The molecule has 0 radical (unpaired) electrons. The molecule has 16 heavy (non-hydrogen) atoms. The summed E-state index contributed by atoms with van der Waals surface area (Å²) in [5.74, 6) is -0.300. The fourth-order valence-corrected chi connectivity index (χ4v) is 1.42. The molecule has 0 saturated heterocycles. The molecule has 0 atom stereocenters. The summed E-state index contributed by atoms with van der Waals surface area (Å²) in [6.45, 7) is 3.76. The van der Waals surface area contributed by atoms with Crippen LogP contribution in [-0.4, -0.2) is 21.0 Å². The first kappa shape index (κ1) is 12.2. The van der Waals surface area contributed by atoms with Crippen molar-refractivity contribution in [1.29, 1.82) is 5.26 Å². The lowest BCUT2D eigenvalue weighted by Gasteiger charge is -2.24. The summed E-state index contributed by atoms with van der Waals surface area (Å²) >= 11 is 0. The van der Waals surface area contributed by atoms with Crippen LogP contribution >= 0.6 is 0 Å². The van der Waals surface area contributed by atoms with Gasteiger partial charge < -0.3 is 9.88 Å². The summed E-state index contributed by atoms with van der Waals surface area (Å²) in [6.07, 6.45) is 4.35. The van der Waals surface area contributed by atoms with E-state index in [-0.39, 0.29) is 5.91 Å². The summed E-state index contributed by atoms with van der Waals surface area (Å²) in [5.41, 5.74) is -0.446. The Morgan fingerprint density at radius 3 is 2.62 bits per heavy atom. The van der Waals surface area contributed by atoms with Crippen LogP contribution in [0.5, 0.6) is 0 Å². The third-order valence-electron chi connectivity index (χ3n) is 2.71. The van der Waals surface area contributed by atoms with Crippen molar-refractivity contribution in [3.63, 3.8) is 0 Å². The van der Waals surface area contributed by atoms with E-state index in [0.29, 0.717) is 18.5 Å². The van der Waals surface area contributed by atoms with Gasteiger partial charge in [-0.2, -0.15) is 5.26 Å². The van der Waals surface area contributed by atoms with Crippen molar-refractivity contribution < 1.29 is 4.79 Å². The van der Waals surface area contributed by atoms with Crippen LogP contribution in [0.25, 0.3) is 0 Å². The highest BCUT2D eigenvalue weighted by molar-refractivity contribution is 5.92. The van der Waals surface area contributed by atoms with Crippen LogP contribution in [0.2, 0.25) is 0 Å². The zero-order chi connectivity index (χ0) is 12.2. The SMILES string of the molecule is CCC(C#N)(CC)NC(=O)c1cn(C)cn1. The van der Waals surface area contributed by atoms with Gasteiger partial charge in [0, 0.05) is 13.2 Å². The number of hydrogen-bond donors (Lipinski definition) is 1. The molecule has 1 amide bonds. The van der Waals surface area contributed by atoms with Gasteiger partial charge in [-0.05, 0) is 12.8 Å². The molecule has 0 aliphatic heterocycles. The van der Waals surface area contributed by atoms with Gasteiger partial charge in [0.05, 0.1) is 12.4 Å². The van der Waals surface area contributed by atoms with Crippen LogP contribution in [0, 0.1) is 11.3 Å². The monoisotopic (exact) mass is 220 g/mol. The zero-order valence-electron chi connectivity index (χ0n) is 9.82. The average Bonchev–Trinajstić information content (AvgIpc) is 2.73. The normalized spacial score (nSPS) is 10.9. The van der Waals surface area contributed by atoms with E-state index < -0.39 is 5.54 Å². The van der Waals surface area contributed by atoms with Crippen molar-refractivity contribution in [1.82, 2.24) is 14.9 Å². The van der Waals surface area contributed by atoms with Crippen LogP contribution in [0.15, 0.2) is 12.5 Å². The van der Waals surface area contributed by atoms with Crippen molar-refractivity contribution >= 4 is 5.91 Å². The minimum Gasteiger partial charge on any atom is -0.340 e. The molecule has 86 valence electrons. The predicted octanol–water partition coefficient (Wildman–Crippen LogP) is 1.23. The molecule has 1 aromatic heterocycles. The first-order chi connectivity index (χ1) is 7.56. The standard InChI is InChI=1S/C11H16N4O/c1-4-11(5-2,7-12)14-10(16)9-6-15(3)8-13-9/h6,8H,4-5H2,1-3H3,(H,14,16). The number of rotatable bonds is 4. The topological polar surface area (TPSA) is 70.7 Å². The molecule has 1 N–H and O–H groups in total. The number of nitrogens with zero attached hydrogens (tertiary/aromatic N) is 3. The Bertz CT molecular complexity index is 412. The molecule has 0 unspecified atom stereocenters. The van der Waals surface area contributed by atoms with Crippen LogP contribution in [-0.2, 0) is 7.05 Å². The molecule has 0 saturated carbocycles. The predicted molar refractivity (Wildman–Crippen MR) is 59.6 cm³/mol. The molecule has 0 bridgehead atoms. The lowest BCUT2D eigenvalue weighted by molar-refractivity contribution is 0.0911. The minimum absolute atomic E-state index is 0.300. The van der Waals surface area contributed by atoms with E-state index in [1.54, 1.807) is 24.1 Å². The van der Waals surface area contributed by atoms with Crippen LogP contribution in [0.1, 0.15) is 37.2 Å². The smallest absolute Gasteiger partial charge is 0.272 e. The Kier molecular flexibility index (Phi) is 3.67. The van der Waals surface area contributed by atoms with Gasteiger partial charge in [0.15, 0.2) is 0 Å². The highest BCUT2D eigenvalue weighted by atomic mass is 16.2. The Hall–Kier alpha value is -1.83. The van der Waals surface area contributed by atoms with Crippen LogP contribution in [0.4, 0.5) is 0 Å². The van der Waals surface area contributed by atoms with Gasteiger partial charge in [-0.1, -0.05) is 13.8 Å². The van der Waals surface area contributed by atoms with Crippen molar-refractivity contribution in [2.75, 3.05) is 0 Å². The van der Waals surface area contributed by atoms with E-state index in [1.807, 2.05) is 13.8 Å². The van der Waals surface area contributed by atoms with Crippen molar-refractivity contribution in [3.05, 3.63) is 18.2 Å². The number of nitrogens with one attached hydrogen (secondary N) is 1. The number of hydrogen-bond acceptors (Lipinski definition) is 3. The van der Waals surface area contributed by atoms with Crippen LogP contribution in [0.3, 0.4) is 0 Å². The first-order valence-corrected chi connectivity index (χ1v) is 5.28. The number of aryl methyl sites for hydroxylation is 1. The number of aromatic nitrogens is 2. The molecule has 5 heteroatoms. The number of carbonyl (C=O) groups is 1. The molecule has 1 aromatic rings. The zero-order valence-corrected chi connectivity index (χ0v) is 9.82. The van der Waals surface area contributed by atoms with Gasteiger partial charge in [0.1, 0.15) is 11.2 Å². The third-order valence-corrected chi connectivity index (χ3v) is 2.71. The molecule has 0 fully saturated rings. The molecule has 0 spiro atoms. The second-order valence-corrected chi connectivity index (χ2v) is 3.78. The van der Waals surface area contributed by atoms with Gasteiger partial charge in [-0.15, -0.1) is 0 Å². The number of imidazole rings is 1. The quantitative estimate of drug-likeness (QED) is 0.829. The second kappa shape index (κ2) is 4.79. The number of amides is 1. The van der Waals surface area contributed by atoms with E-state index in [0.717, 1.165) is 0 Å².